The quantitative estimate of drug-likeness (QED) is 0.924. The fourth-order valence-corrected chi connectivity index (χ4v) is 3.47. The van der Waals surface area contributed by atoms with Gasteiger partial charge in [-0.05, 0) is 11.1 Å². The molecule has 0 amide bonds. The van der Waals surface area contributed by atoms with Crippen LogP contribution in [0.3, 0.4) is 0 Å². The van der Waals surface area contributed by atoms with Crippen molar-refractivity contribution in [3.63, 3.8) is 0 Å². The van der Waals surface area contributed by atoms with E-state index in [0.717, 1.165) is 5.56 Å². The molecule has 2 rings (SSSR count). The number of benzene rings is 2. The zero-order chi connectivity index (χ0) is 15.6. The molecule has 0 atom stereocenters. The molecular weight excluding hydrogens is 333 g/mol. The van der Waals surface area contributed by atoms with Gasteiger partial charge in [-0.2, -0.15) is 0 Å². The fraction of sp³-hybridized carbons (Fsp3) is 0.143. The smallest absolute Gasteiger partial charge is 0.239 e. The van der Waals surface area contributed by atoms with Crippen LogP contribution < -0.4 is 9.88 Å². The highest BCUT2D eigenvalue weighted by atomic mass is 35.5. The molecule has 112 valence electrons. The summed E-state index contributed by atoms with van der Waals surface area (Å²) >= 11 is 12.4. The van der Waals surface area contributed by atoms with Crippen molar-refractivity contribution in [2.75, 3.05) is 7.11 Å². The highest BCUT2D eigenvalue weighted by molar-refractivity contribution is 7.89. The standard InChI is InChI=1S/C14H13Cl2NO3S/c1-20-11-8-12(21(17,18)19)14(16)10(13(11)15)7-9-5-3-2-4-6-9/h2-6,8H,7H2,1H3,(H2,17,18,19). The minimum atomic E-state index is -3.97. The molecule has 0 bridgehead atoms. The van der Waals surface area contributed by atoms with Crippen LogP contribution in [0.15, 0.2) is 41.3 Å². The molecule has 4 nitrogen and oxygen atoms in total. The molecule has 0 radical (unpaired) electrons. The number of halogens is 2. The van der Waals surface area contributed by atoms with Crippen molar-refractivity contribution in [1.82, 2.24) is 0 Å². The summed E-state index contributed by atoms with van der Waals surface area (Å²) in [5.74, 6) is 0.219. The van der Waals surface area contributed by atoms with Crippen molar-refractivity contribution in [1.29, 1.82) is 0 Å². The predicted octanol–water partition coefficient (Wildman–Crippen LogP) is 3.24. The number of ether oxygens (including phenoxy) is 1. The van der Waals surface area contributed by atoms with Crippen molar-refractivity contribution in [2.24, 2.45) is 5.14 Å². The average Bonchev–Trinajstić information content (AvgIpc) is 2.43. The Kier molecular flexibility index (Phi) is 4.78. The summed E-state index contributed by atoms with van der Waals surface area (Å²) in [5.41, 5.74) is 1.41. The van der Waals surface area contributed by atoms with E-state index < -0.39 is 10.0 Å². The molecule has 0 aliphatic rings. The summed E-state index contributed by atoms with van der Waals surface area (Å²) in [5, 5.41) is 5.48. The molecule has 0 saturated heterocycles. The van der Waals surface area contributed by atoms with Gasteiger partial charge in [0, 0.05) is 12.5 Å². The van der Waals surface area contributed by atoms with E-state index in [0.29, 0.717) is 12.0 Å². The van der Waals surface area contributed by atoms with E-state index in [4.69, 9.17) is 33.1 Å². The highest BCUT2D eigenvalue weighted by Crippen LogP contribution is 2.39. The lowest BCUT2D eigenvalue weighted by Crippen LogP contribution is -2.14. The van der Waals surface area contributed by atoms with E-state index in [9.17, 15) is 8.42 Å². The largest absolute Gasteiger partial charge is 0.495 e. The van der Waals surface area contributed by atoms with Gasteiger partial charge in [0.15, 0.2) is 0 Å². The van der Waals surface area contributed by atoms with Crippen molar-refractivity contribution in [3.05, 3.63) is 57.6 Å². The number of hydrogen-bond acceptors (Lipinski definition) is 3. The molecule has 0 spiro atoms. The van der Waals surface area contributed by atoms with Crippen molar-refractivity contribution >= 4 is 33.2 Å². The third kappa shape index (κ3) is 3.49. The predicted molar refractivity (Wildman–Crippen MR) is 83.6 cm³/mol. The maximum atomic E-state index is 11.6. The van der Waals surface area contributed by atoms with Crippen LogP contribution in [0.5, 0.6) is 5.75 Å². The van der Waals surface area contributed by atoms with E-state index >= 15 is 0 Å². The molecule has 0 saturated carbocycles. The first-order valence-electron chi connectivity index (χ1n) is 5.96. The van der Waals surface area contributed by atoms with Gasteiger partial charge in [0.05, 0.1) is 17.2 Å². The van der Waals surface area contributed by atoms with Crippen molar-refractivity contribution < 1.29 is 13.2 Å². The van der Waals surface area contributed by atoms with Crippen LogP contribution in [-0.2, 0) is 16.4 Å². The maximum Gasteiger partial charge on any atom is 0.239 e. The van der Waals surface area contributed by atoms with E-state index in [1.807, 2.05) is 30.3 Å². The van der Waals surface area contributed by atoms with Gasteiger partial charge in [0.2, 0.25) is 10.0 Å². The number of nitrogens with two attached hydrogens (primary N) is 1. The molecule has 0 fully saturated rings. The van der Waals surface area contributed by atoms with Crippen LogP contribution in [0.25, 0.3) is 0 Å². The SMILES string of the molecule is COc1cc(S(N)(=O)=O)c(Cl)c(Cc2ccccc2)c1Cl. The van der Waals surface area contributed by atoms with E-state index in [2.05, 4.69) is 0 Å². The first-order chi connectivity index (χ1) is 9.84. The number of hydrogen-bond donors (Lipinski definition) is 1. The molecule has 2 aromatic rings. The summed E-state index contributed by atoms with van der Waals surface area (Å²) in [6.07, 6.45) is 0.373. The number of methoxy groups -OCH3 is 1. The Balaban J connectivity index is 2.64. The monoisotopic (exact) mass is 345 g/mol. The van der Waals surface area contributed by atoms with Gasteiger partial charge in [-0.15, -0.1) is 0 Å². The van der Waals surface area contributed by atoms with Crippen LogP contribution in [-0.4, -0.2) is 15.5 Å². The third-order valence-electron chi connectivity index (χ3n) is 2.97. The molecular formula is C14H13Cl2NO3S. The Labute approximate surface area is 133 Å². The summed E-state index contributed by atoms with van der Waals surface area (Å²) in [6.45, 7) is 0. The average molecular weight is 346 g/mol. The summed E-state index contributed by atoms with van der Waals surface area (Å²) in [6, 6.07) is 10.6. The molecule has 0 unspecified atom stereocenters. The second-order valence-corrected chi connectivity index (χ2v) is 6.68. The first-order valence-corrected chi connectivity index (χ1v) is 8.26. The van der Waals surface area contributed by atoms with Crippen LogP contribution >= 0.6 is 23.2 Å². The Morgan fingerprint density at radius 1 is 1.14 bits per heavy atom. The van der Waals surface area contributed by atoms with E-state index in [1.54, 1.807) is 0 Å². The van der Waals surface area contributed by atoms with Crippen LogP contribution in [0.2, 0.25) is 10.0 Å². The zero-order valence-electron chi connectivity index (χ0n) is 11.1. The summed E-state index contributed by atoms with van der Waals surface area (Å²) in [7, 11) is -2.57. The molecule has 7 heteroatoms. The molecule has 0 aliphatic heterocycles. The summed E-state index contributed by atoms with van der Waals surface area (Å²) in [4.78, 5) is -0.198. The minimum absolute atomic E-state index is 0.0205. The zero-order valence-corrected chi connectivity index (χ0v) is 13.5. The Bertz CT molecular complexity index is 762. The molecule has 0 aromatic heterocycles. The molecule has 2 N–H and O–H groups in total. The van der Waals surface area contributed by atoms with Crippen molar-refractivity contribution in [3.8, 4) is 5.75 Å². The van der Waals surface area contributed by atoms with Gasteiger partial charge in [0.25, 0.3) is 0 Å². The fourth-order valence-electron chi connectivity index (χ4n) is 1.95. The van der Waals surface area contributed by atoms with Crippen LogP contribution in [0.1, 0.15) is 11.1 Å². The van der Waals surface area contributed by atoms with Crippen LogP contribution in [0, 0.1) is 0 Å². The number of rotatable bonds is 4. The van der Waals surface area contributed by atoms with Crippen molar-refractivity contribution in [2.45, 2.75) is 11.3 Å². The van der Waals surface area contributed by atoms with Gasteiger partial charge in [-0.1, -0.05) is 53.5 Å². The maximum absolute atomic E-state index is 11.6. The first kappa shape index (κ1) is 16.1. The topological polar surface area (TPSA) is 69.4 Å². The number of sulfonamides is 1. The van der Waals surface area contributed by atoms with Gasteiger partial charge in [-0.25, -0.2) is 13.6 Å². The van der Waals surface area contributed by atoms with Gasteiger partial charge in [0.1, 0.15) is 10.6 Å². The highest BCUT2D eigenvalue weighted by Gasteiger charge is 2.22. The lowest BCUT2D eigenvalue weighted by molar-refractivity contribution is 0.413. The van der Waals surface area contributed by atoms with Gasteiger partial charge >= 0.3 is 0 Å². The van der Waals surface area contributed by atoms with Gasteiger partial charge in [-0.3, -0.25) is 0 Å². The Morgan fingerprint density at radius 3 is 2.29 bits per heavy atom. The summed E-state index contributed by atoms with van der Waals surface area (Å²) < 4.78 is 28.4. The van der Waals surface area contributed by atoms with Gasteiger partial charge < -0.3 is 4.74 Å². The van der Waals surface area contributed by atoms with Crippen LogP contribution in [0.4, 0.5) is 0 Å². The Morgan fingerprint density at radius 2 is 1.76 bits per heavy atom. The second-order valence-electron chi connectivity index (χ2n) is 4.39. The van der Waals surface area contributed by atoms with E-state index in [1.165, 1.54) is 13.2 Å². The Hall–Kier alpha value is -1.27. The molecule has 2 aromatic carbocycles. The lowest BCUT2D eigenvalue weighted by Gasteiger charge is -2.14. The van der Waals surface area contributed by atoms with E-state index in [-0.39, 0.29) is 20.7 Å². The normalized spacial score (nSPS) is 11.4. The second kappa shape index (κ2) is 6.23. The minimum Gasteiger partial charge on any atom is -0.495 e. The number of primary sulfonamides is 1. The molecule has 21 heavy (non-hydrogen) atoms. The third-order valence-corrected chi connectivity index (χ3v) is 4.87. The molecule has 0 aliphatic carbocycles. The molecule has 0 heterocycles. The lowest BCUT2D eigenvalue weighted by atomic mass is 10.0.